The molecule has 0 spiro atoms. The number of esters is 1. The van der Waals surface area contributed by atoms with Crippen molar-refractivity contribution in [3.63, 3.8) is 0 Å². The van der Waals surface area contributed by atoms with E-state index in [2.05, 4.69) is 5.32 Å². The van der Waals surface area contributed by atoms with Crippen molar-refractivity contribution in [2.75, 3.05) is 11.5 Å². The van der Waals surface area contributed by atoms with Gasteiger partial charge < -0.3 is 9.47 Å². The lowest BCUT2D eigenvalue weighted by Gasteiger charge is -2.27. The Morgan fingerprint density at radius 2 is 1.77 bits per heavy atom. The maximum Gasteiger partial charge on any atom is 0.336 e. The summed E-state index contributed by atoms with van der Waals surface area (Å²) in [7, 11) is 0. The second-order valence-corrected chi connectivity index (χ2v) is 8.49. The number of hydrogen-bond acceptors (Lipinski definition) is 8. The van der Waals surface area contributed by atoms with Crippen LogP contribution in [0.2, 0.25) is 0 Å². The number of aryl methyl sites for hydroxylation is 1. The number of ether oxygens (including phenoxy) is 2. The number of nitro groups is 1. The highest BCUT2D eigenvalue weighted by atomic mass is 16.6. The van der Waals surface area contributed by atoms with Gasteiger partial charge in [-0.1, -0.05) is 36.4 Å². The molecular formula is C29H23N3O8. The molecule has 0 bridgehead atoms. The molecule has 40 heavy (non-hydrogen) atoms. The highest BCUT2D eigenvalue weighted by Gasteiger charge is 2.37. The molecule has 0 radical (unpaired) electrons. The molecule has 1 aliphatic rings. The SMILES string of the molecule is CCOc1cc(/C=C2\C(=O)NC(=O)N(c3ccccc3C)C2=O)ccc1OC(=O)/C=C/c1cccc([N+](=O)[O-])c1. The predicted molar refractivity (Wildman–Crippen MR) is 146 cm³/mol. The van der Waals surface area contributed by atoms with E-state index in [1.165, 1.54) is 48.6 Å². The summed E-state index contributed by atoms with van der Waals surface area (Å²) in [5, 5.41) is 13.1. The fraction of sp³-hybridized carbons (Fsp3) is 0.103. The van der Waals surface area contributed by atoms with Crippen LogP contribution in [0.25, 0.3) is 12.2 Å². The van der Waals surface area contributed by atoms with Crippen molar-refractivity contribution in [2.45, 2.75) is 13.8 Å². The van der Waals surface area contributed by atoms with E-state index in [0.717, 1.165) is 11.0 Å². The second kappa shape index (κ2) is 11.9. The van der Waals surface area contributed by atoms with Gasteiger partial charge in [-0.25, -0.2) is 14.5 Å². The highest BCUT2D eigenvalue weighted by molar-refractivity contribution is 6.39. The number of imide groups is 2. The molecule has 0 aliphatic carbocycles. The van der Waals surface area contributed by atoms with E-state index < -0.39 is 28.7 Å². The average molecular weight is 542 g/mol. The maximum absolute atomic E-state index is 13.2. The van der Waals surface area contributed by atoms with Crippen LogP contribution in [0.1, 0.15) is 23.6 Å². The minimum Gasteiger partial charge on any atom is -0.490 e. The molecule has 0 unspecified atom stereocenters. The summed E-state index contributed by atoms with van der Waals surface area (Å²) in [5.74, 6) is -2.14. The molecule has 3 aromatic carbocycles. The average Bonchev–Trinajstić information content (AvgIpc) is 2.92. The third-order valence-electron chi connectivity index (χ3n) is 5.74. The molecule has 11 heteroatoms. The number of urea groups is 1. The molecule has 1 heterocycles. The third-order valence-corrected chi connectivity index (χ3v) is 5.74. The Labute approximate surface area is 228 Å². The first kappa shape index (κ1) is 27.5. The molecule has 202 valence electrons. The first-order valence-electron chi connectivity index (χ1n) is 12.1. The number of anilines is 1. The first-order chi connectivity index (χ1) is 19.2. The number of nitrogens with one attached hydrogen (secondary N) is 1. The molecule has 1 aliphatic heterocycles. The van der Waals surface area contributed by atoms with Crippen LogP contribution in [-0.2, 0) is 14.4 Å². The number of hydrogen-bond donors (Lipinski definition) is 1. The van der Waals surface area contributed by atoms with Gasteiger partial charge in [-0.15, -0.1) is 0 Å². The summed E-state index contributed by atoms with van der Waals surface area (Å²) >= 11 is 0. The number of rotatable bonds is 8. The molecule has 4 amide bonds. The number of non-ortho nitro benzene ring substituents is 1. The van der Waals surface area contributed by atoms with Gasteiger partial charge in [0.15, 0.2) is 11.5 Å². The fourth-order valence-electron chi connectivity index (χ4n) is 3.87. The van der Waals surface area contributed by atoms with Gasteiger partial charge in [0.2, 0.25) is 0 Å². The van der Waals surface area contributed by atoms with Gasteiger partial charge in [0.05, 0.1) is 17.2 Å². The number of carbonyl (C=O) groups is 4. The van der Waals surface area contributed by atoms with E-state index in [-0.39, 0.29) is 29.4 Å². The summed E-state index contributed by atoms with van der Waals surface area (Å²) in [6, 6.07) is 16.1. The van der Waals surface area contributed by atoms with Crippen molar-refractivity contribution in [3.05, 3.63) is 105 Å². The zero-order valence-corrected chi connectivity index (χ0v) is 21.5. The molecule has 3 aromatic rings. The van der Waals surface area contributed by atoms with Crippen molar-refractivity contribution < 1.29 is 33.6 Å². The highest BCUT2D eigenvalue weighted by Crippen LogP contribution is 2.31. The monoisotopic (exact) mass is 541 g/mol. The summed E-state index contributed by atoms with van der Waals surface area (Å²) in [6.07, 6.45) is 3.81. The number of amides is 4. The number of nitro benzene ring substituents is 1. The molecular weight excluding hydrogens is 518 g/mol. The van der Waals surface area contributed by atoms with Crippen LogP contribution in [0, 0.1) is 17.0 Å². The van der Waals surface area contributed by atoms with Gasteiger partial charge >= 0.3 is 12.0 Å². The molecule has 0 atom stereocenters. The van der Waals surface area contributed by atoms with E-state index in [1.54, 1.807) is 44.2 Å². The molecule has 0 saturated carbocycles. The van der Waals surface area contributed by atoms with Crippen LogP contribution < -0.4 is 19.7 Å². The Morgan fingerprint density at radius 3 is 2.50 bits per heavy atom. The zero-order chi connectivity index (χ0) is 28.8. The van der Waals surface area contributed by atoms with Gasteiger partial charge in [0, 0.05) is 18.2 Å². The van der Waals surface area contributed by atoms with E-state index in [0.29, 0.717) is 22.4 Å². The van der Waals surface area contributed by atoms with Crippen LogP contribution >= 0.6 is 0 Å². The third kappa shape index (κ3) is 6.10. The first-order valence-corrected chi connectivity index (χ1v) is 12.1. The Bertz CT molecular complexity index is 1590. The molecule has 4 rings (SSSR count). The Hall–Kier alpha value is -5.58. The van der Waals surface area contributed by atoms with Gasteiger partial charge in [-0.2, -0.15) is 0 Å². The predicted octanol–water partition coefficient (Wildman–Crippen LogP) is 4.59. The number of carbonyl (C=O) groups excluding carboxylic acids is 4. The van der Waals surface area contributed by atoms with E-state index in [9.17, 15) is 29.3 Å². The lowest BCUT2D eigenvalue weighted by atomic mass is 10.1. The number of benzene rings is 3. The van der Waals surface area contributed by atoms with Gasteiger partial charge in [0.1, 0.15) is 5.57 Å². The Kier molecular flexibility index (Phi) is 8.14. The van der Waals surface area contributed by atoms with Crippen molar-refractivity contribution in [1.29, 1.82) is 0 Å². The van der Waals surface area contributed by atoms with E-state index >= 15 is 0 Å². The summed E-state index contributed by atoms with van der Waals surface area (Å²) in [6.45, 7) is 3.69. The van der Waals surface area contributed by atoms with Crippen LogP contribution in [0.15, 0.2) is 78.4 Å². The van der Waals surface area contributed by atoms with Crippen LogP contribution in [0.3, 0.4) is 0 Å². The summed E-state index contributed by atoms with van der Waals surface area (Å²) in [5.41, 5.74) is 1.45. The molecule has 1 fully saturated rings. The molecule has 11 nitrogen and oxygen atoms in total. The maximum atomic E-state index is 13.2. The lowest BCUT2D eigenvalue weighted by Crippen LogP contribution is -2.54. The number of para-hydroxylation sites is 1. The second-order valence-electron chi connectivity index (χ2n) is 8.49. The van der Waals surface area contributed by atoms with Gasteiger partial charge in [-0.05, 0) is 60.9 Å². The van der Waals surface area contributed by atoms with Crippen molar-refractivity contribution in [1.82, 2.24) is 5.32 Å². The smallest absolute Gasteiger partial charge is 0.336 e. The zero-order valence-electron chi connectivity index (χ0n) is 21.5. The van der Waals surface area contributed by atoms with E-state index in [4.69, 9.17) is 9.47 Å². The van der Waals surface area contributed by atoms with E-state index in [1.807, 2.05) is 0 Å². The normalized spacial score (nSPS) is 14.4. The minimum absolute atomic E-state index is 0.0776. The summed E-state index contributed by atoms with van der Waals surface area (Å²) in [4.78, 5) is 62.0. The largest absolute Gasteiger partial charge is 0.490 e. The Morgan fingerprint density at radius 1 is 1.00 bits per heavy atom. The van der Waals surface area contributed by atoms with Crippen LogP contribution in [0.4, 0.5) is 16.2 Å². The van der Waals surface area contributed by atoms with Gasteiger partial charge in [0.25, 0.3) is 17.5 Å². The molecule has 1 N–H and O–H groups in total. The van der Waals surface area contributed by atoms with Crippen molar-refractivity contribution in [3.8, 4) is 11.5 Å². The number of barbiturate groups is 1. The van der Waals surface area contributed by atoms with Gasteiger partial charge in [-0.3, -0.25) is 25.0 Å². The Balaban J connectivity index is 1.58. The van der Waals surface area contributed by atoms with Crippen molar-refractivity contribution >= 4 is 47.3 Å². The number of nitrogens with zero attached hydrogens (tertiary/aromatic N) is 2. The fourth-order valence-corrected chi connectivity index (χ4v) is 3.87. The summed E-state index contributed by atoms with van der Waals surface area (Å²) < 4.78 is 11.0. The molecule has 0 aromatic heterocycles. The topological polar surface area (TPSA) is 145 Å². The standard InChI is InChI=1S/C29H23N3O8/c1-3-39-25-17-20(11-13-24(25)40-26(33)14-12-19-8-6-9-21(15-19)32(37)38)16-22-27(34)30-29(36)31(28(22)35)23-10-5-4-7-18(23)2/h4-17H,3H2,1-2H3,(H,30,34,36)/b14-12+,22-16+. The van der Waals surface area contributed by atoms with Crippen LogP contribution in [0.5, 0.6) is 11.5 Å². The van der Waals surface area contributed by atoms with Crippen LogP contribution in [-0.4, -0.2) is 35.3 Å². The minimum atomic E-state index is -0.850. The molecule has 1 saturated heterocycles. The lowest BCUT2D eigenvalue weighted by molar-refractivity contribution is -0.384. The quantitative estimate of drug-likeness (QED) is 0.109. The van der Waals surface area contributed by atoms with Crippen molar-refractivity contribution in [2.24, 2.45) is 0 Å².